The van der Waals surface area contributed by atoms with Crippen molar-refractivity contribution < 1.29 is 14.5 Å². The van der Waals surface area contributed by atoms with Gasteiger partial charge in [-0.05, 0) is 24.3 Å². The van der Waals surface area contributed by atoms with Gasteiger partial charge in [0.15, 0.2) is 0 Å². The van der Waals surface area contributed by atoms with Crippen LogP contribution in [0.2, 0.25) is 5.02 Å². The van der Waals surface area contributed by atoms with Crippen molar-refractivity contribution in [2.24, 2.45) is 0 Å². The second kappa shape index (κ2) is 8.47. The number of nitriles is 1. The number of hydrogen-bond donors (Lipinski definition) is 1. The van der Waals surface area contributed by atoms with Crippen LogP contribution in [0.15, 0.2) is 46.4 Å². The maximum Gasteiger partial charge on any atom is 0.271 e. The number of carbonyl (C=O) groups is 1. The summed E-state index contributed by atoms with van der Waals surface area (Å²) < 4.78 is 5.85. The molecule has 0 fully saturated rings. The summed E-state index contributed by atoms with van der Waals surface area (Å²) in [6, 6.07) is 10.5. The molecule has 1 N–H and O–H groups in total. The van der Waals surface area contributed by atoms with Crippen LogP contribution in [-0.4, -0.2) is 17.9 Å². The van der Waals surface area contributed by atoms with Gasteiger partial charge in [-0.25, -0.2) is 0 Å². The smallest absolute Gasteiger partial charge is 0.271 e. The Labute approximate surface area is 162 Å². The highest BCUT2D eigenvalue weighted by Crippen LogP contribution is 2.33. The molecule has 0 aliphatic heterocycles. The number of amides is 1. The largest absolute Gasteiger partial charge is 0.495 e. The molecule has 2 rings (SSSR count). The number of methoxy groups -OCH3 is 1. The van der Waals surface area contributed by atoms with Crippen molar-refractivity contribution in [3.05, 3.63) is 67.1 Å². The van der Waals surface area contributed by atoms with Gasteiger partial charge in [0.1, 0.15) is 17.4 Å². The molecule has 0 bridgehead atoms. The van der Waals surface area contributed by atoms with Crippen LogP contribution in [0, 0.1) is 21.4 Å². The van der Waals surface area contributed by atoms with Crippen molar-refractivity contribution in [1.29, 1.82) is 5.26 Å². The summed E-state index contributed by atoms with van der Waals surface area (Å²) >= 11 is 9.37. The number of nitro groups is 1. The zero-order chi connectivity index (χ0) is 19.3. The van der Waals surface area contributed by atoms with Crippen LogP contribution in [0.4, 0.5) is 11.4 Å². The number of anilines is 1. The summed E-state index contributed by atoms with van der Waals surface area (Å²) in [5, 5.41) is 22.9. The van der Waals surface area contributed by atoms with E-state index in [4.69, 9.17) is 16.3 Å². The number of nitro benzene ring substituents is 1. The van der Waals surface area contributed by atoms with Gasteiger partial charge in [0.25, 0.3) is 11.6 Å². The van der Waals surface area contributed by atoms with E-state index in [1.807, 2.05) is 0 Å². The lowest BCUT2D eigenvalue weighted by molar-refractivity contribution is -0.384. The minimum Gasteiger partial charge on any atom is -0.495 e. The lowest BCUT2D eigenvalue weighted by atomic mass is 10.1. The predicted molar refractivity (Wildman–Crippen MR) is 101 cm³/mol. The van der Waals surface area contributed by atoms with Crippen LogP contribution in [0.5, 0.6) is 5.75 Å². The molecule has 0 atom stereocenters. The zero-order valence-corrected chi connectivity index (χ0v) is 15.7. The van der Waals surface area contributed by atoms with Gasteiger partial charge in [0, 0.05) is 27.9 Å². The highest BCUT2D eigenvalue weighted by molar-refractivity contribution is 9.10. The Hall–Kier alpha value is -2.89. The van der Waals surface area contributed by atoms with Gasteiger partial charge in [0.05, 0.1) is 17.1 Å². The molecule has 1 amide bonds. The molecule has 0 unspecified atom stereocenters. The fraction of sp³-hybridized carbons (Fsp3) is 0.0588. The molecule has 0 radical (unpaired) electrons. The first-order chi connectivity index (χ1) is 12.3. The maximum absolute atomic E-state index is 12.3. The van der Waals surface area contributed by atoms with E-state index in [-0.39, 0.29) is 16.9 Å². The summed E-state index contributed by atoms with van der Waals surface area (Å²) in [4.78, 5) is 22.6. The van der Waals surface area contributed by atoms with Gasteiger partial charge < -0.3 is 10.1 Å². The number of halogens is 2. The normalized spacial score (nSPS) is 10.8. The molecular formula is C17H11BrClN3O4. The molecular weight excluding hydrogens is 426 g/mol. The summed E-state index contributed by atoms with van der Waals surface area (Å²) in [5.41, 5.74) is 0.233. The fourth-order valence-corrected chi connectivity index (χ4v) is 3.01. The molecule has 2 aromatic rings. The van der Waals surface area contributed by atoms with E-state index in [0.717, 1.165) is 0 Å². The van der Waals surface area contributed by atoms with Gasteiger partial charge in [-0.3, -0.25) is 14.9 Å². The van der Waals surface area contributed by atoms with Gasteiger partial charge in [0.2, 0.25) is 0 Å². The molecule has 0 aliphatic rings. The van der Waals surface area contributed by atoms with E-state index in [0.29, 0.717) is 20.8 Å². The number of benzene rings is 2. The highest BCUT2D eigenvalue weighted by Gasteiger charge is 2.15. The number of nitrogens with one attached hydrogen (secondary N) is 1. The maximum atomic E-state index is 12.3. The monoisotopic (exact) mass is 435 g/mol. The SMILES string of the molecule is COc1c(Cl)cc(Br)cc1/C=C(\C#N)C(=O)Nc1cccc([N+](=O)[O-])c1. The van der Waals surface area contributed by atoms with Crippen LogP contribution in [-0.2, 0) is 4.79 Å². The molecule has 2 aromatic carbocycles. The fourth-order valence-electron chi connectivity index (χ4n) is 2.10. The minimum atomic E-state index is -0.717. The topological polar surface area (TPSA) is 105 Å². The molecule has 9 heteroatoms. The molecule has 132 valence electrons. The Balaban J connectivity index is 2.35. The third-order valence-corrected chi connectivity index (χ3v) is 3.96. The number of nitrogens with zero attached hydrogens (tertiary/aromatic N) is 2. The standard InChI is InChI=1S/C17H11BrClN3O4/c1-26-16-10(6-12(18)7-15(16)19)5-11(9-20)17(23)21-13-3-2-4-14(8-13)22(24)25/h2-8H,1H3,(H,21,23)/b11-5+. The first-order valence-corrected chi connectivity index (χ1v) is 8.23. The second-order valence-electron chi connectivity index (χ2n) is 4.94. The van der Waals surface area contributed by atoms with Crippen LogP contribution >= 0.6 is 27.5 Å². The van der Waals surface area contributed by atoms with Crippen LogP contribution in [0.3, 0.4) is 0 Å². The Kier molecular flexibility index (Phi) is 6.33. The van der Waals surface area contributed by atoms with Crippen molar-refractivity contribution in [1.82, 2.24) is 0 Å². The number of carbonyl (C=O) groups excluding carboxylic acids is 1. The molecule has 26 heavy (non-hydrogen) atoms. The van der Waals surface area contributed by atoms with E-state index >= 15 is 0 Å². The van der Waals surface area contributed by atoms with E-state index in [2.05, 4.69) is 21.2 Å². The highest BCUT2D eigenvalue weighted by atomic mass is 79.9. The Morgan fingerprint density at radius 3 is 2.77 bits per heavy atom. The quantitative estimate of drug-likeness (QED) is 0.320. The van der Waals surface area contributed by atoms with E-state index in [1.165, 1.54) is 37.5 Å². The van der Waals surface area contributed by atoms with Crippen LogP contribution in [0.1, 0.15) is 5.56 Å². The molecule has 0 saturated carbocycles. The molecule has 0 saturated heterocycles. The van der Waals surface area contributed by atoms with Gasteiger partial charge >= 0.3 is 0 Å². The first kappa shape index (κ1) is 19.4. The van der Waals surface area contributed by atoms with Crippen molar-refractivity contribution in [3.8, 4) is 11.8 Å². The molecule has 7 nitrogen and oxygen atoms in total. The zero-order valence-electron chi connectivity index (χ0n) is 13.3. The Morgan fingerprint density at radius 2 is 2.15 bits per heavy atom. The number of non-ortho nitro benzene ring substituents is 1. The predicted octanol–water partition coefficient (Wildman–Crippen LogP) is 4.56. The van der Waals surface area contributed by atoms with Crippen molar-refractivity contribution in [2.75, 3.05) is 12.4 Å². The van der Waals surface area contributed by atoms with E-state index in [1.54, 1.807) is 18.2 Å². The molecule has 0 aliphatic carbocycles. The summed E-state index contributed by atoms with van der Waals surface area (Å²) in [7, 11) is 1.42. The Bertz CT molecular complexity index is 954. The number of hydrogen-bond acceptors (Lipinski definition) is 5. The lowest BCUT2D eigenvalue weighted by Gasteiger charge is -2.09. The number of rotatable bonds is 5. The molecule has 0 spiro atoms. The Morgan fingerprint density at radius 1 is 1.42 bits per heavy atom. The third kappa shape index (κ3) is 4.59. The summed E-state index contributed by atoms with van der Waals surface area (Å²) in [6.07, 6.45) is 1.32. The van der Waals surface area contributed by atoms with Gasteiger partial charge in [-0.2, -0.15) is 5.26 Å². The van der Waals surface area contributed by atoms with Gasteiger partial charge in [-0.15, -0.1) is 0 Å². The molecule has 0 heterocycles. The average molecular weight is 437 g/mol. The summed E-state index contributed by atoms with van der Waals surface area (Å²) in [6.45, 7) is 0. The van der Waals surface area contributed by atoms with Crippen LogP contribution in [0.25, 0.3) is 6.08 Å². The lowest BCUT2D eigenvalue weighted by Crippen LogP contribution is -2.13. The van der Waals surface area contributed by atoms with Crippen molar-refractivity contribution in [3.63, 3.8) is 0 Å². The number of ether oxygens (including phenoxy) is 1. The minimum absolute atomic E-state index is 0.175. The van der Waals surface area contributed by atoms with Crippen molar-refractivity contribution in [2.45, 2.75) is 0 Å². The van der Waals surface area contributed by atoms with E-state index in [9.17, 15) is 20.2 Å². The van der Waals surface area contributed by atoms with E-state index < -0.39 is 10.8 Å². The summed E-state index contributed by atoms with van der Waals surface area (Å²) in [5.74, 6) is -0.406. The van der Waals surface area contributed by atoms with Gasteiger partial charge in [-0.1, -0.05) is 33.6 Å². The average Bonchev–Trinajstić information content (AvgIpc) is 2.59. The van der Waals surface area contributed by atoms with Crippen LogP contribution < -0.4 is 10.1 Å². The third-order valence-electron chi connectivity index (χ3n) is 3.22. The first-order valence-electron chi connectivity index (χ1n) is 7.06. The molecule has 0 aromatic heterocycles. The van der Waals surface area contributed by atoms with Crippen molar-refractivity contribution >= 4 is 50.9 Å². The second-order valence-corrected chi connectivity index (χ2v) is 6.26.